The van der Waals surface area contributed by atoms with Crippen LogP contribution in [0.5, 0.6) is 0 Å². The highest BCUT2D eigenvalue weighted by molar-refractivity contribution is 6.06. The summed E-state index contributed by atoms with van der Waals surface area (Å²) in [5.74, 6) is 0.687. The first-order chi connectivity index (χ1) is 12.3. The Morgan fingerprint density at radius 1 is 1.08 bits per heavy atom. The number of fused-ring (bicyclic) bond motifs is 4. The minimum atomic E-state index is -0.283. The van der Waals surface area contributed by atoms with Crippen molar-refractivity contribution in [1.82, 2.24) is 14.5 Å². The monoisotopic (exact) mass is 329 g/mol. The molecular formula is C19H15N5O. The third-order valence-electron chi connectivity index (χ3n) is 4.55. The molecular weight excluding hydrogens is 314 g/mol. The molecule has 0 radical (unpaired) electrons. The second-order valence-corrected chi connectivity index (χ2v) is 6.02. The lowest BCUT2D eigenvalue weighted by Gasteiger charge is -2.07. The Morgan fingerprint density at radius 2 is 2.00 bits per heavy atom. The molecule has 0 bridgehead atoms. The van der Waals surface area contributed by atoms with Crippen molar-refractivity contribution in [3.05, 3.63) is 65.9 Å². The molecule has 3 heterocycles. The fraction of sp³-hybridized carbons (Fsp3) is 0.105. The van der Waals surface area contributed by atoms with Crippen molar-refractivity contribution in [2.24, 2.45) is 4.99 Å². The highest BCUT2D eigenvalue weighted by atomic mass is 16.1. The van der Waals surface area contributed by atoms with Gasteiger partial charge in [-0.25, -0.2) is 4.98 Å². The normalized spacial score (nSPS) is 14.0. The van der Waals surface area contributed by atoms with Gasteiger partial charge in [-0.15, -0.1) is 0 Å². The van der Waals surface area contributed by atoms with E-state index in [1.165, 1.54) is 0 Å². The molecule has 0 spiro atoms. The maximum absolute atomic E-state index is 12.8. The molecule has 1 amide bonds. The Morgan fingerprint density at radius 3 is 2.96 bits per heavy atom. The van der Waals surface area contributed by atoms with Crippen LogP contribution in [-0.2, 0) is 6.54 Å². The molecule has 0 atom stereocenters. The van der Waals surface area contributed by atoms with Crippen LogP contribution in [0.25, 0.3) is 21.8 Å². The Balaban J connectivity index is 1.73. The highest BCUT2D eigenvalue weighted by Crippen LogP contribution is 2.23. The summed E-state index contributed by atoms with van der Waals surface area (Å²) in [6.07, 6.45) is 1.83. The summed E-state index contributed by atoms with van der Waals surface area (Å²) in [6, 6.07) is 15.4. The number of amides is 1. The van der Waals surface area contributed by atoms with Gasteiger partial charge in [-0.1, -0.05) is 18.2 Å². The molecule has 0 unspecified atom stereocenters. The van der Waals surface area contributed by atoms with Crippen molar-refractivity contribution in [2.75, 3.05) is 11.9 Å². The first-order valence-electron chi connectivity index (χ1n) is 8.20. The topological polar surface area (TPSA) is 75.1 Å². The first kappa shape index (κ1) is 14.0. The Labute approximate surface area is 142 Å². The first-order valence-corrected chi connectivity index (χ1v) is 8.20. The molecule has 0 fully saturated rings. The summed E-state index contributed by atoms with van der Waals surface area (Å²) >= 11 is 0. The fourth-order valence-corrected chi connectivity index (χ4v) is 3.38. The van der Waals surface area contributed by atoms with Crippen molar-refractivity contribution in [3.63, 3.8) is 0 Å². The summed E-state index contributed by atoms with van der Waals surface area (Å²) in [7, 11) is 0. The average Bonchev–Trinajstić information content (AvgIpc) is 3.31. The zero-order valence-corrected chi connectivity index (χ0v) is 13.4. The molecule has 6 heteroatoms. The van der Waals surface area contributed by atoms with Gasteiger partial charge in [0.25, 0.3) is 5.91 Å². The third kappa shape index (κ3) is 2.15. The van der Waals surface area contributed by atoms with Crippen LogP contribution in [-0.4, -0.2) is 27.0 Å². The third-order valence-corrected chi connectivity index (χ3v) is 4.55. The number of nitrogens with one attached hydrogen (secondary N) is 2. The molecule has 122 valence electrons. The molecule has 0 aliphatic carbocycles. The number of hydrogen-bond acceptors (Lipinski definition) is 3. The van der Waals surface area contributed by atoms with E-state index in [2.05, 4.69) is 20.3 Å². The summed E-state index contributed by atoms with van der Waals surface area (Å²) in [5.41, 5.74) is 2.77. The van der Waals surface area contributed by atoms with Crippen LogP contribution in [0.3, 0.4) is 0 Å². The van der Waals surface area contributed by atoms with Gasteiger partial charge in [-0.2, -0.15) is 4.99 Å². The van der Waals surface area contributed by atoms with E-state index in [0.717, 1.165) is 40.7 Å². The van der Waals surface area contributed by atoms with Crippen LogP contribution >= 0.6 is 0 Å². The molecule has 5 rings (SSSR count). The number of nitrogens with zero attached hydrogens (tertiary/aromatic N) is 3. The van der Waals surface area contributed by atoms with E-state index >= 15 is 0 Å². The number of benzene rings is 2. The number of para-hydroxylation sites is 1. The van der Waals surface area contributed by atoms with E-state index < -0.39 is 0 Å². The number of anilines is 1. The van der Waals surface area contributed by atoms with Crippen LogP contribution in [0.15, 0.2) is 59.7 Å². The predicted octanol–water partition coefficient (Wildman–Crippen LogP) is 2.68. The largest absolute Gasteiger partial charge is 0.369 e. The van der Waals surface area contributed by atoms with Gasteiger partial charge < -0.3 is 10.3 Å². The number of rotatable bonds is 1. The number of carbonyl (C=O) groups excluding carboxylic acids is 1. The van der Waals surface area contributed by atoms with Crippen LogP contribution in [0, 0.1) is 0 Å². The minimum Gasteiger partial charge on any atom is -0.369 e. The summed E-state index contributed by atoms with van der Waals surface area (Å²) < 4.78 is 1.97. The van der Waals surface area contributed by atoms with Gasteiger partial charge in [0.2, 0.25) is 5.62 Å². The van der Waals surface area contributed by atoms with Gasteiger partial charge in [0.05, 0.1) is 11.1 Å². The quantitative estimate of drug-likeness (QED) is 0.564. The lowest BCUT2D eigenvalue weighted by molar-refractivity contribution is 0.0998. The lowest BCUT2D eigenvalue weighted by atomic mass is 10.1. The van der Waals surface area contributed by atoms with Crippen LogP contribution in [0.1, 0.15) is 10.4 Å². The highest BCUT2D eigenvalue weighted by Gasteiger charge is 2.16. The Hall–Kier alpha value is -3.41. The standard InChI is InChI=1S/C19H15N5O/c25-18(13-5-3-7-15-12(13)8-9-20-15)23-19-22-16-6-2-1-4-14(16)17-21-10-11-24(17)19/h1-9,20-21H,10-11H2. The lowest BCUT2D eigenvalue weighted by Crippen LogP contribution is -2.24. The predicted molar refractivity (Wildman–Crippen MR) is 96.4 cm³/mol. The molecule has 4 aromatic rings. The molecule has 6 nitrogen and oxygen atoms in total. The van der Waals surface area contributed by atoms with E-state index in [1.807, 2.05) is 53.2 Å². The van der Waals surface area contributed by atoms with Crippen molar-refractivity contribution in [2.45, 2.75) is 6.54 Å². The summed E-state index contributed by atoms with van der Waals surface area (Å²) in [5, 5.41) is 5.28. The number of H-pyrrole nitrogens is 1. The van der Waals surface area contributed by atoms with Crippen LogP contribution < -0.4 is 10.9 Å². The van der Waals surface area contributed by atoms with Crippen molar-refractivity contribution >= 4 is 33.5 Å². The summed E-state index contributed by atoms with van der Waals surface area (Å²) in [6.45, 7) is 1.55. The zero-order chi connectivity index (χ0) is 16.8. The van der Waals surface area contributed by atoms with E-state index in [9.17, 15) is 4.79 Å². The molecule has 0 saturated heterocycles. The van der Waals surface area contributed by atoms with E-state index in [0.29, 0.717) is 11.2 Å². The minimum absolute atomic E-state index is 0.283. The van der Waals surface area contributed by atoms with Crippen molar-refractivity contribution in [3.8, 4) is 0 Å². The molecule has 1 aliphatic heterocycles. The fourth-order valence-electron chi connectivity index (χ4n) is 3.38. The molecule has 2 aromatic carbocycles. The van der Waals surface area contributed by atoms with Crippen LogP contribution in [0.4, 0.5) is 5.82 Å². The van der Waals surface area contributed by atoms with E-state index in [-0.39, 0.29) is 5.91 Å². The number of carbonyl (C=O) groups is 1. The van der Waals surface area contributed by atoms with E-state index in [4.69, 9.17) is 0 Å². The summed E-state index contributed by atoms with van der Waals surface area (Å²) in [4.78, 5) is 24.9. The molecule has 25 heavy (non-hydrogen) atoms. The SMILES string of the molecule is O=C(N=c1nc2ccccc2c2n1CCN2)c1cccc2[nH]ccc12. The number of aromatic nitrogens is 3. The molecule has 1 aliphatic rings. The second-order valence-electron chi connectivity index (χ2n) is 6.02. The smallest absolute Gasteiger partial charge is 0.280 e. The average molecular weight is 329 g/mol. The van der Waals surface area contributed by atoms with Gasteiger partial charge in [0.15, 0.2) is 0 Å². The van der Waals surface area contributed by atoms with Gasteiger partial charge in [-0.3, -0.25) is 9.36 Å². The number of hydrogen-bond donors (Lipinski definition) is 2. The second kappa shape index (κ2) is 5.31. The molecule has 2 N–H and O–H groups in total. The van der Waals surface area contributed by atoms with Gasteiger partial charge in [0.1, 0.15) is 5.82 Å². The molecule has 0 saturated carbocycles. The van der Waals surface area contributed by atoms with Gasteiger partial charge in [-0.05, 0) is 30.3 Å². The van der Waals surface area contributed by atoms with Crippen LogP contribution in [0.2, 0.25) is 0 Å². The zero-order valence-electron chi connectivity index (χ0n) is 13.4. The number of aromatic amines is 1. The van der Waals surface area contributed by atoms with Gasteiger partial charge >= 0.3 is 0 Å². The van der Waals surface area contributed by atoms with Crippen molar-refractivity contribution < 1.29 is 4.79 Å². The van der Waals surface area contributed by atoms with Gasteiger partial charge in [0, 0.05) is 35.6 Å². The Bertz CT molecular complexity index is 1200. The Kier molecular flexibility index (Phi) is 2.97. The van der Waals surface area contributed by atoms with Crippen molar-refractivity contribution in [1.29, 1.82) is 0 Å². The van der Waals surface area contributed by atoms with E-state index in [1.54, 1.807) is 6.07 Å². The maximum Gasteiger partial charge on any atom is 0.280 e. The molecule has 2 aromatic heterocycles. The maximum atomic E-state index is 12.8.